The molecule has 0 aliphatic carbocycles. The first-order valence-corrected chi connectivity index (χ1v) is 31.9. The number of hydrogen-bond acceptors (Lipinski definition) is 6. The number of allylic oxidation sites excluding steroid dienone is 12. The molecule has 0 aromatic rings. The first-order chi connectivity index (χ1) is 36.5. The van der Waals surface area contributed by atoms with Crippen molar-refractivity contribution in [3.05, 3.63) is 72.9 Å². The summed E-state index contributed by atoms with van der Waals surface area (Å²) in [5.74, 6) is -0.883. The van der Waals surface area contributed by atoms with E-state index in [2.05, 4.69) is 93.7 Å². The van der Waals surface area contributed by atoms with Crippen LogP contribution in [0.2, 0.25) is 0 Å². The van der Waals surface area contributed by atoms with Gasteiger partial charge in [0, 0.05) is 19.3 Å². The van der Waals surface area contributed by atoms with Crippen molar-refractivity contribution in [2.45, 2.75) is 329 Å². The average Bonchev–Trinajstić information content (AvgIpc) is 3.40. The topological polar surface area (TPSA) is 78.9 Å². The number of hydrogen-bond donors (Lipinski definition) is 0. The third-order valence-electron chi connectivity index (χ3n) is 13.9. The highest BCUT2D eigenvalue weighted by molar-refractivity contribution is 5.71. The van der Waals surface area contributed by atoms with Crippen molar-refractivity contribution in [1.29, 1.82) is 0 Å². The normalized spacial score (nSPS) is 12.5. The van der Waals surface area contributed by atoms with Gasteiger partial charge in [-0.15, -0.1) is 0 Å². The molecule has 0 heterocycles. The van der Waals surface area contributed by atoms with Gasteiger partial charge in [0.25, 0.3) is 0 Å². The summed E-state index contributed by atoms with van der Waals surface area (Å²) < 4.78 is 16.9. The molecular formula is C68H120O6. The Kier molecular flexibility index (Phi) is 59.7. The molecule has 0 radical (unpaired) electrons. The number of esters is 3. The van der Waals surface area contributed by atoms with E-state index >= 15 is 0 Å². The quantitative estimate of drug-likeness (QED) is 0.0261. The predicted molar refractivity (Wildman–Crippen MR) is 321 cm³/mol. The van der Waals surface area contributed by atoms with Crippen LogP contribution in [0.25, 0.3) is 0 Å². The highest BCUT2D eigenvalue weighted by atomic mass is 16.6. The number of unbranched alkanes of at least 4 members (excludes halogenated alkanes) is 35. The molecule has 0 rings (SSSR count). The van der Waals surface area contributed by atoms with Crippen LogP contribution in [0.5, 0.6) is 0 Å². The molecule has 0 aromatic carbocycles. The molecule has 0 aliphatic rings. The highest BCUT2D eigenvalue weighted by Gasteiger charge is 2.19. The molecule has 0 fully saturated rings. The van der Waals surface area contributed by atoms with E-state index in [1.165, 1.54) is 180 Å². The van der Waals surface area contributed by atoms with Crippen LogP contribution in [0.15, 0.2) is 72.9 Å². The van der Waals surface area contributed by atoms with E-state index in [-0.39, 0.29) is 31.1 Å². The number of carbonyl (C=O) groups excluding carboxylic acids is 3. The SMILES string of the molecule is CC/C=C\C/C=C\C/C=C\C/C=C\CCCCCCCCCCCCCCCCC(=O)OCC(COC(=O)CCCCCCC/C=C\CCCCCC)OC(=O)CCCCCCC/C=C\CCCCCCCCC. The maximum absolute atomic E-state index is 12.9. The third kappa shape index (κ3) is 59.7. The van der Waals surface area contributed by atoms with Gasteiger partial charge in [-0.05, 0) is 109 Å². The lowest BCUT2D eigenvalue weighted by atomic mass is 10.0. The maximum atomic E-state index is 12.9. The van der Waals surface area contributed by atoms with E-state index in [0.29, 0.717) is 19.3 Å². The molecule has 1 unspecified atom stereocenters. The van der Waals surface area contributed by atoms with Crippen molar-refractivity contribution in [1.82, 2.24) is 0 Å². The molecule has 6 heteroatoms. The van der Waals surface area contributed by atoms with Gasteiger partial charge in [0.15, 0.2) is 6.10 Å². The first-order valence-electron chi connectivity index (χ1n) is 31.9. The summed E-state index contributed by atoms with van der Waals surface area (Å²) in [4.78, 5) is 38.3. The first kappa shape index (κ1) is 70.8. The molecule has 0 amide bonds. The van der Waals surface area contributed by atoms with Crippen molar-refractivity contribution in [2.75, 3.05) is 13.2 Å². The molecule has 428 valence electrons. The van der Waals surface area contributed by atoms with Gasteiger partial charge in [-0.1, -0.05) is 267 Å². The highest BCUT2D eigenvalue weighted by Crippen LogP contribution is 2.16. The minimum Gasteiger partial charge on any atom is -0.462 e. The summed E-state index contributed by atoms with van der Waals surface area (Å²) in [6.45, 7) is 6.53. The fourth-order valence-corrected chi connectivity index (χ4v) is 9.13. The monoisotopic (exact) mass is 1030 g/mol. The molecule has 0 saturated heterocycles. The zero-order valence-electron chi connectivity index (χ0n) is 49.1. The lowest BCUT2D eigenvalue weighted by Gasteiger charge is -2.18. The molecular weight excluding hydrogens is 913 g/mol. The van der Waals surface area contributed by atoms with Crippen LogP contribution in [-0.4, -0.2) is 37.2 Å². The van der Waals surface area contributed by atoms with Crippen molar-refractivity contribution < 1.29 is 28.6 Å². The zero-order valence-corrected chi connectivity index (χ0v) is 49.1. The van der Waals surface area contributed by atoms with Crippen molar-refractivity contribution >= 4 is 17.9 Å². The van der Waals surface area contributed by atoms with Crippen molar-refractivity contribution in [3.63, 3.8) is 0 Å². The van der Waals surface area contributed by atoms with Crippen LogP contribution >= 0.6 is 0 Å². The summed E-state index contributed by atoms with van der Waals surface area (Å²) >= 11 is 0. The smallest absolute Gasteiger partial charge is 0.306 e. The molecule has 0 N–H and O–H groups in total. The molecule has 0 bridgehead atoms. The van der Waals surface area contributed by atoms with Crippen LogP contribution in [-0.2, 0) is 28.6 Å². The van der Waals surface area contributed by atoms with Crippen LogP contribution in [0.1, 0.15) is 323 Å². The number of ether oxygens (including phenoxy) is 3. The van der Waals surface area contributed by atoms with E-state index in [4.69, 9.17) is 14.2 Å². The predicted octanol–water partition coefficient (Wildman–Crippen LogP) is 21.7. The largest absolute Gasteiger partial charge is 0.462 e. The van der Waals surface area contributed by atoms with Crippen molar-refractivity contribution in [3.8, 4) is 0 Å². The van der Waals surface area contributed by atoms with E-state index < -0.39 is 6.10 Å². The molecule has 0 aliphatic heterocycles. The Morgan fingerprint density at radius 2 is 0.527 bits per heavy atom. The number of carbonyl (C=O) groups is 3. The Hall–Kier alpha value is -3.15. The van der Waals surface area contributed by atoms with Gasteiger partial charge in [0.1, 0.15) is 13.2 Å². The average molecular weight is 1030 g/mol. The molecule has 74 heavy (non-hydrogen) atoms. The third-order valence-corrected chi connectivity index (χ3v) is 13.9. The van der Waals surface area contributed by atoms with Crippen LogP contribution in [0, 0.1) is 0 Å². The summed E-state index contributed by atoms with van der Waals surface area (Å²) in [7, 11) is 0. The molecule has 1 atom stereocenters. The van der Waals surface area contributed by atoms with E-state index in [9.17, 15) is 14.4 Å². The van der Waals surface area contributed by atoms with E-state index in [0.717, 1.165) is 103 Å². The van der Waals surface area contributed by atoms with Gasteiger partial charge in [0.05, 0.1) is 0 Å². The van der Waals surface area contributed by atoms with Crippen LogP contribution in [0.3, 0.4) is 0 Å². The molecule has 0 spiro atoms. The van der Waals surface area contributed by atoms with Crippen LogP contribution in [0.4, 0.5) is 0 Å². The van der Waals surface area contributed by atoms with Gasteiger partial charge in [-0.3, -0.25) is 14.4 Å². The van der Waals surface area contributed by atoms with Gasteiger partial charge in [-0.25, -0.2) is 0 Å². The van der Waals surface area contributed by atoms with Gasteiger partial charge in [-0.2, -0.15) is 0 Å². The fraction of sp³-hybridized carbons (Fsp3) is 0.779. The molecule has 0 saturated carbocycles. The Labute approximate surface area is 459 Å². The van der Waals surface area contributed by atoms with Crippen molar-refractivity contribution in [2.24, 2.45) is 0 Å². The molecule has 0 aromatic heterocycles. The Morgan fingerprint density at radius 3 is 0.851 bits per heavy atom. The maximum Gasteiger partial charge on any atom is 0.306 e. The second-order valence-electron chi connectivity index (χ2n) is 21.3. The summed E-state index contributed by atoms with van der Waals surface area (Å²) in [6.07, 6.45) is 80.5. The van der Waals surface area contributed by atoms with Gasteiger partial charge in [0.2, 0.25) is 0 Å². The minimum atomic E-state index is -0.782. The van der Waals surface area contributed by atoms with E-state index in [1.807, 2.05) is 0 Å². The summed E-state index contributed by atoms with van der Waals surface area (Å²) in [5, 5.41) is 0. The van der Waals surface area contributed by atoms with Crippen LogP contribution < -0.4 is 0 Å². The molecule has 6 nitrogen and oxygen atoms in total. The Morgan fingerprint density at radius 1 is 0.284 bits per heavy atom. The fourth-order valence-electron chi connectivity index (χ4n) is 9.13. The zero-order chi connectivity index (χ0) is 53.6. The lowest BCUT2D eigenvalue weighted by Crippen LogP contribution is -2.30. The second-order valence-corrected chi connectivity index (χ2v) is 21.3. The Balaban J connectivity index is 4.25. The number of rotatable bonds is 58. The second kappa shape index (κ2) is 62.4. The van der Waals surface area contributed by atoms with E-state index in [1.54, 1.807) is 0 Å². The standard InChI is InChI=1S/C68H120O6/c1-4-7-10-13-16-19-22-25-27-29-30-31-32-33-34-35-36-37-38-39-41-43-46-49-52-55-58-61-67(70)73-64-65(63-72-66(69)60-57-54-51-48-45-42-24-21-18-15-12-9-6-3)74-68(71)62-59-56-53-50-47-44-40-28-26-23-20-17-14-11-8-5-2/h7,10,16,19,21,24-25,27-28,30-31,40,65H,4-6,8-9,11-15,17-18,20,22-23,26,29,32-39,41-64H2,1-3H3/b10-7-,19-16-,24-21-,27-25-,31-30-,40-28-. The summed E-state index contributed by atoms with van der Waals surface area (Å²) in [6, 6.07) is 0. The minimum absolute atomic E-state index is 0.0792. The van der Waals surface area contributed by atoms with Gasteiger partial charge < -0.3 is 14.2 Å². The summed E-state index contributed by atoms with van der Waals surface area (Å²) in [5.41, 5.74) is 0. The lowest BCUT2D eigenvalue weighted by molar-refractivity contribution is -0.167. The van der Waals surface area contributed by atoms with Gasteiger partial charge >= 0.3 is 17.9 Å². The Bertz CT molecular complexity index is 1370.